The second-order valence-electron chi connectivity index (χ2n) is 3.26. The maximum absolute atomic E-state index is 10.5. The summed E-state index contributed by atoms with van der Waals surface area (Å²) in [5.41, 5.74) is 5.69. The van der Waals surface area contributed by atoms with Crippen LogP contribution in [0, 0.1) is 0 Å². The van der Waals surface area contributed by atoms with Crippen LogP contribution in [-0.2, 0) is 11.3 Å². The number of amides is 1. The smallest absolute Gasteiger partial charge is 0.247 e. The van der Waals surface area contributed by atoms with Gasteiger partial charge < -0.3 is 16.2 Å². The average molecular weight is 263 g/mol. The molecule has 0 heterocycles. The fraction of sp³-hybridized carbons (Fsp3) is 0.300. The molecule has 88 valence electrons. The molecule has 0 aliphatic heterocycles. The zero-order valence-electron chi connectivity index (χ0n) is 8.41. The second kappa shape index (κ2) is 6.06. The molecule has 0 aliphatic carbocycles. The molecule has 1 unspecified atom stereocenters. The van der Waals surface area contributed by atoms with Gasteiger partial charge in [0.25, 0.3) is 0 Å². The predicted molar refractivity (Wildman–Crippen MR) is 63.4 cm³/mol. The van der Waals surface area contributed by atoms with Crippen LogP contribution in [0.25, 0.3) is 0 Å². The Hall–Kier alpha value is -0.810. The van der Waals surface area contributed by atoms with Crippen molar-refractivity contribution < 1.29 is 9.90 Å². The minimum atomic E-state index is -1.20. The van der Waals surface area contributed by atoms with E-state index < -0.39 is 12.0 Å². The number of carbonyl (C=O) groups excluding carboxylic acids is 1. The number of benzene rings is 1. The number of hydrogen-bond donors (Lipinski definition) is 3. The van der Waals surface area contributed by atoms with Crippen molar-refractivity contribution in [2.75, 3.05) is 6.54 Å². The number of primary amides is 1. The first kappa shape index (κ1) is 13.3. The minimum Gasteiger partial charge on any atom is -0.382 e. The molecule has 1 rings (SSSR count). The fourth-order valence-electron chi connectivity index (χ4n) is 1.13. The highest BCUT2D eigenvalue weighted by Gasteiger charge is 2.10. The molecule has 0 spiro atoms. The highest BCUT2D eigenvalue weighted by molar-refractivity contribution is 6.42. The van der Waals surface area contributed by atoms with Gasteiger partial charge in [-0.2, -0.15) is 0 Å². The van der Waals surface area contributed by atoms with Crippen LogP contribution >= 0.6 is 23.2 Å². The fourth-order valence-corrected chi connectivity index (χ4v) is 1.52. The van der Waals surface area contributed by atoms with Gasteiger partial charge in [-0.15, -0.1) is 0 Å². The van der Waals surface area contributed by atoms with E-state index in [-0.39, 0.29) is 6.54 Å². The lowest BCUT2D eigenvalue weighted by Gasteiger charge is -2.09. The van der Waals surface area contributed by atoms with E-state index in [4.69, 9.17) is 34.0 Å². The molecule has 1 aromatic carbocycles. The molecule has 0 aromatic heterocycles. The van der Waals surface area contributed by atoms with Crippen LogP contribution in [0.15, 0.2) is 18.2 Å². The Morgan fingerprint density at radius 3 is 2.81 bits per heavy atom. The van der Waals surface area contributed by atoms with E-state index in [0.29, 0.717) is 16.6 Å². The monoisotopic (exact) mass is 262 g/mol. The number of hydrogen-bond acceptors (Lipinski definition) is 3. The molecule has 0 saturated carbocycles. The molecule has 6 heteroatoms. The third-order valence-corrected chi connectivity index (χ3v) is 2.87. The lowest BCUT2D eigenvalue weighted by atomic mass is 10.2. The van der Waals surface area contributed by atoms with E-state index in [9.17, 15) is 4.79 Å². The number of halogens is 2. The Kier molecular flexibility index (Phi) is 5.02. The Bertz CT molecular complexity index is 385. The third kappa shape index (κ3) is 3.64. The van der Waals surface area contributed by atoms with Gasteiger partial charge in [0.2, 0.25) is 5.91 Å². The standard InChI is InChI=1S/C10H12Cl2N2O2/c11-7-3-1-2-6(9(7)12)4-14-5-8(15)10(13)16/h1-3,8,14-15H,4-5H2,(H2,13,16). The Balaban J connectivity index is 2.49. The van der Waals surface area contributed by atoms with Crippen LogP contribution in [0.2, 0.25) is 10.0 Å². The van der Waals surface area contributed by atoms with Crippen molar-refractivity contribution in [2.24, 2.45) is 5.73 Å². The second-order valence-corrected chi connectivity index (χ2v) is 4.05. The molecule has 4 nitrogen and oxygen atoms in total. The maximum atomic E-state index is 10.5. The lowest BCUT2D eigenvalue weighted by Crippen LogP contribution is -2.37. The normalized spacial score (nSPS) is 12.4. The van der Waals surface area contributed by atoms with Crippen molar-refractivity contribution in [3.05, 3.63) is 33.8 Å². The van der Waals surface area contributed by atoms with E-state index in [0.717, 1.165) is 5.56 Å². The molecule has 0 fully saturated rings. The molecule has 0 aliphatic rings. The van der Waals surface area contributed by atoms with Gasteiger partial charge in [0.05, 0.1) is 10.0 Å². The molecule has 0 bridgehead atoms. The summed E-state index contributed by atoms with van der Waals surface area (Å²) in [6, 6.07) is 5.26. The third-order valence-electron chi connectivity index (χ3n) is 2.01. The summed E-state index contributed by atoms with van der Waals surface area (Å²) in [5.74, 6) is -0.760. The maximum Gasteiger partial charge on any atom is 0.247 e. The highest BCUT2D eigenvalue weighted by atomic mass is 35.5. The number of rotatable bonds is 5. The number of nitrogens with two attached hydrogens (primary N) is 1. The number of aliphatic hydroxyl groups excluding tert-OH is 1. The average Bonchev–Trinajstić information content (AvgIpc) is 2.24. The molecule has 1 amide bonds. The van der Waals surface area contributed by atoms with Crippen LogP contribution in [0.1, 0.15) is 5.56 Å². The molecule has 1 aromatic rings. The summed E-state index contributed by atoms with van der Waals surface area (Å²) < 4.78 is 0. The largest absolute Gasteiger partial charge is 0.382 e. The molecular formula is C10H12Cl2N2O2. The van der Waals surface area contributed by atoms with Gasteiger partial charge in [-0.3, -0.25) is 4.79 Å². The van der Waals surface area contributed by atoms with Crippen LogP contribution in [-0.4, -0.2) is 23.7 Å². The van der Waals surface area contributed by atoms with Crippen LogP contribution in [0.4, 0.5) is 0 Å². The summed E-state index contributed by atoms with van der Waals surface area (Å²) >= 11 is 11.8. The first-order chi connectivity index (χ1) is 7.52. The van der Waals surface area contributed by atoms with Gasteiger partial charge in [0, 0.05) is 13.1 Å². The lowest BCUT2D eigenvalue weighted by molar-refractivity contribution is -0.125. The van der Waals surface area contributed by atoms with Crippen molar-refractivity contribution >= 4 is 29.1 Å². The van der Waals surface area contributed by atoms with E-state index in [1.165, 1.54) is 0 Å². The van der Waals surface area contributed by atoms with Gasteiger partial charge in [0.15, 0.2) is 0 Å². The van der Waals surface area contributed by atoms with Crippen molar-refractivity contribution in [1.29, 1.82) is 0 Å². The number of nitrogens with one attached hydrogen (secondary N) is 1. The Morgan fingerprint density at radius 1 is 1.50 bits per heavy atom. The van der Waals surface area contributed by atoms with Crippen molar-refractivity contribution in [3.63, 3.8) is 0 Å². The van der Waals surface area contributed by atoms with Gasteiger partial charge >= 0.3 is 0 Å². The van der Waals surface area contributed by atoms with Crippen molar-refractivity contribution in [1.82, 2.24) is 5.32 Å². The molecular weight excluding hydrogens is 251 g/mol. The van der Waals surface area contributed by atoms with Crippen LogP contribution in [0.5, 0.6) is 0 Å². The Labute approximate surface area is 103 Å². The first-order valence-corrected chi connectivity index (χ1v) is 5.39. The van der Waals surface area contributed by atoms with E-state index >= 15 is 0 Å². The molecule has 16 heavy (non-hydrogen) atoms. The van der Waals surface area contributed by atoms with Gasteiger partial charge in [0.1, 0.15) is 6.10 Å². The molecule has 0 radical (unpaired) electrons. The van der Waals surface area contributed by atoms with E-state index in [1.54, 1.807) is 18.2 Å². The van der Waals surface area contributed by atoms with Crippen molar-refractivity contribution in [2.45, 2.75) is 12.6 Å². The van der Waals surface area contributed by atoms with Crippen LogP contribution < -0.4 is 11.1 Å². The van der Waals surface area contributed by atoms with Gasteiger partial charge in [-0.05, 0) is 11.6 Å². The SMILES string of the molecule is NC(=O)C(O)CNCc1cccc(Cl)c1Cl. The quantitative estimate of drug-likeness (QED) is 0.739. The predicted octanol–water partition coefficient (Wildman–Crippen LogP) is 0.929. The zero-order chi connectivity index (χ0) is 12.1. The first-order valence-electron chi connectivity index (χ1n) is 4.63. The molecule has 0 saturated heterocycles. The number of aliphatic hydroxyl groups is 1. The van der Waals surface area contributed by atoms with Gasteiger partial charge in [-0.25, -0.2) is 0 Å². The summed E-state index contributed by atoms with van der Waals surface area (Å²) in [6.07, 6.45) is -1.20. The molecule has 4 N–H and O–H groups in total. The van der Waals surface area contributed by atoms with Crippen molar-refractivity contribution in [3.8, 4) is 0 Å². The minimum absolute atomic E-state index is 0.0815. The zero-order valence-corrected chi connectivity index (χ0v) is 9.92. The summed E-state index contributed by atoms with van der Waals surface area (Å²) in [7, 11) is 0. The van der Waals surface area contributed by atoms with Gasteiger partial charge in [-0.1, -0.05) is 35.3 Å². The highest BCUT2D eigenvalue weighted by Crippen LogP contribution is 2.25. The summed E-state index contributed by atoms with van der Waals surface area (Å²) in [6.45, 7) is 0.488. The van der Waals surface area contributed by atoms with E-state index in [2.05, 4.69) is 5.32 Å². The molecule has 1 atom stereocenters. The number of carbonyl (C=O) groups is 1. The summed E-state index contributed by atoms with van der Waals surface area (Å²) in [4.78, 5) is 10.5. The van der Waals surface area contributed by atoms with E-state index in [1.807, 2.05) is 0 Å². The Morgan fingerprint density at radius 2 is 2.19 bits per heavy atom. The topological polar surface area (TPSA) is 75.4 Å². The van der Waals surface area contributed by atoms with Crippen LogP contribution in [0.3, 0.4) is 0 Å². The summed E-state index contributed by atoms with van der Waals surface area (Å²) in [5, 5.41) is 12.9.